The lowest BCUT2D eigenvalue weighted by Gasteiger charge is -2.31. The summed E-state index contributed by atoms with van der Waals surface area (Å²) < 4.78 is 27.7. The van der Waals surface area contributed by atoms with Crippen molar-refractivity contribution in [3.05, 3.63) is 101 Å². The standard InChI is InChI=1S/C28H32N2O3S/c1-21-13-14-26(19-22(21)2)34(32,33)30-17-15-25(16-18-30)28(31)29-20-27(23-9-5-3-6-10-23)24-11-7-4-8-12-24/h3-14,19,25,27H,15-18,20H2,1-2H3,(H,29,31). The van der Waals surface area contributed by atoms with Gasteiger partial charge in [-0.05, 0) is 61.1 Å². The fourth-order valence-electron chi connectivity index (χ4n) is 4.53. The third-order valence-corrected chi connectivity index (χ3v) is 8.72. The minimum Gasteiger partial charge on any atom is -0.355 e. The van der Waals surface area contributed by atoms with Crippen LogP contribution in [-0.2, 0) is 14.8 Å². The smallest absolute Gasteiger partial charge is 0.243 e. The first-order valence-corrected chi connectivity index (χ1v) is 13.3. The molecule has 0 saturated carbocycles. The minimum absolute atomic E-state index is 0.0000838. The molecule has 0 spiro atoms. The summed E-state index contributed by atoms with van der Waals surface area (Å²) >= 11 is 0. The molecule has 0 atom stereocenters. The van der Waals surface area contributed by atoms with Gasteiger partial charge in [0, 0.05) is 31.5 Å². The van der Waals surface area contributed by atoms with Gasteiger partial charge in [0.2, 0.25) is 15.9 Å². The Labute approximate surface area is 202 Å². The molecule has 1 saturated heterocycles. The molecule has 1 fully saturated rings. The number of nitrogens with zero attached hydrogens (tertiary/aromatic N) is 1. The fraction of sp³-hybridized carbons (Fsp3) is 0.321. The van der Waals surface area contributed by atoms with Crippen LogP contribution >= 0.6 is 0 Å². The van der Waals surface area contributed by atoms with E-state index in [9.17, 15) is 13.2 Å². The maximum absolute atomic E-state index is 13.1. The van der Waals surface area contributed by atoms with Gasteiger partial charge < -0.3 is 5.32 Å². The van der Waals surface area contributed by atoms with Gasteiger partial charge in [0.05, 0.1) is 4.90 Å². The largest absolute Gasteiger partial charge is 0.355 e. The number of nitrogens with one attached hydrogen (secondary N) is 1. The lowest BCUT2D eigenvalue weighted by molar-refractivity contribution is -0.126. The zero-order valence-corrected chi connectivity index (χ0v) is 20.6. The predicted molar refractivity (Wildman–Crippen MR) is 135 cm³/mol. The van der Waals surface area contributed by atoms with Crippen molar-refractivity contribution >= 4 is 15.9 Å². The molecule has 1 amide bonds. The summed E-state index contributed by atoms with van der Waals surface area (Å²) in [5.74, 6) is -0.116. The van der Waals surface area contributed by atoms with Crippen LogP contribution in [0, 0.1) is 19.8 Å². The molecule has 0 aromatic heterocycles. The number of aryl methyl sites for hydroxylation is 2. The van der Waals surface area contributed by atoms with Gasteiger partial charge in [0.15, 0.2) is 0 Å². The first-order valence-electron chi connectivity index (χ1n) is 11.8. The van der Waals surface area contributed by atoms with E-state index in [0.29, 0.717) is 37.4 Å². The molecule has 0 bridgehead atoms. The van der Waals surface area contributed by atoms with Crippen LogP contribution in [0.2, 0.25) is 0 Å². The molecule has 1 aliphatic heterocycles. The molecule has 178 valence electrons. The Bertz CT molecular complexity index is 1180. The first-order chi connectivity index (χ1) is 16.4. The van der Waals surface area contributed by atoms with E-state index in [1.165, 1.54) is 4.31 Å². The number of carbonyl (C=O) groups excluding carboxylic acids is 1. The zero-order valence-electron chi connectivity index (χ0n) is 19.8. The molecule has 34 heavy (non-hydrogen) atoms. The molecule has 5 nitrogen and oxygen atoms in total. The lowest BCUT2D eigenvalue weighted by Crippen LogP contribution is -2.43. The van der Waals surface area contributed by atoms with Crippen LogP contribution < -0.4 is 5.32 Å². The van der Waals surface area contributed by atoms with Crippen molar-refractivity contribution < 1.29 is 13.2 Å². The Balaban J connectivity index is 1.38. The summed E-state index contributed by atoms with van der Waals surface area (Å²) in [5, 5.41) is 3.14. The average Bonchev–Trinajstić information content (AvgIpc) is 2.87. The van der Waals surface area contributed by atoms with Crippen LogP contribution in [0.5, 0.6) is 0 Å². The Morgan fingerprint density at radius 3 is 1.97 bits per heavy atom. The summed E-state index contributed by atoms with van der Waals surface area (Å²) in [5.41, 5.74) is 4.34. The summed E-state index contributed by atoms with van der Waals surface area (Å²) in [4.78, 5) is 13.3. The predicted octanol–water partition coefficient (Wildman–Crippen LogP) is 4.65. The van der Waals surface area contributed by atoms with Gasteiger partial charge in [-0.2, -0.15) is 4.31 Å². The van der Waals surface area contributed by atoms with E-state index in [1.54, 1.807) is 12.1 Å². The van der Waals surface area contributed by atoms with Crippen LogP contribution in [0.25, 0.3) is 0 Å². The second-order valence-electron chi connectivity index (χ2n) is 9.04. The molecule has 3 aromatic carbocycles. The monoisotopic (exact) mass is 476 g/mol. The van der Waals surface area contributed by atoms with E-state index in [2.05, 4.69) is 29.6 Å². The summed E-state index contributed by atoms with van der Waals surface area (Å²) in [6.45, 7) is 5.11. The van der Waals surface area contributed by atoms with Gasteiger partial charge >= 0.3 is 0 Å². The van der Waals surface area contributed by atoms with Crippen molar-refractivity contribution in [2.24, 2.45) is 5.92 Å². The van der Waals surface area contributed by atoms with E-state index >= 15 is 0 Å². The molecule has 1 aliphatic rings. The zero-order chi connectivity index (χ0) is 24.1. The molecule has 4 rings (SSSR count). The Morgan fingerprint density at radius 2 is 1.44 bits per heavy atom. The number of rotatable bonds is 7. The number of sulfonamides is 1. The van der Waals surface area contributed by atoms with Crippen LogP contribution in [0.1, 0.15) is 41.0 Å². The number of piperidine rings is 1. The normalized spacial score (nSPS) is 15.4. The SMILES string of the molecule is Cc1ccc(S(=O)(=O)N2CCC(C(=O)NCC(c3ccccc3)c3ccccc3)CC2)cc1C. The number of benzene rings is 3. The topological polar surface area (TPSA) is 66.5 Å². The number of hydrogen-bond donors (Lipinski definition) is 1. The molecule has 3 aromatic rings. The van der Waals surface area contributed by atoms with Gasteiger partial charge in [0.1, 0.15) is 0 Å². The van der Waals surface area contributed by atoms with Crippen molar-refractivity contribution in [1.29, 1.82) is 0 Å². The molecule has 0 aliphatic carbocycles. The number of hydrogen-bond acceptors (Lipinski definition) is 3. The van der Waals surface area contributed by atoms with Gasteiger partial charge in [0.25, 0.3) is 0 Å². The third-order valence-electron chi connectivity index (χ3n) is 6.83. The third kappa shape index (κ3) is 5.40. The molecule has 0 radical (unpaired) electrons. The molecule has 6 heteroatoms. The second-order valence-corrected chi connectivity index (χ2v) is 11.0. The highest BCUT2D eigenvalue weighted by Gasteiger charge is 2.32. The maximum atomic E-state index is 13.1. The Kier molecular flexibility index (Phi) is 7.49. The quantitative estimate of drug-likeness (QED) is 0.540. The first kappa shape index (κ1) is 24.2. The second kappa shape index (κ2) is 10.5. The van der Waals surface area contributed by atoms with E-state index in [1.807, 2.05) is 56.3 Å². The molecule has 1 N–H and O–H groups in total. The number of amides is 1. The highest BCUT2D eigenvalue weighted by Crippen LogP contribution is 2.27. The average molecular weight is 477 g/mol. The summed E-state index contributed by atoms with van der Waals surface area (Å²) in [6, 6.07) is 25.6. The Morgan fingerprint density at radius 1 is 0.882 bits per heavy atom. The van der Waals surface area contributed by atoms with Gasteiger partial charge in [-0.1, -0.05) is 66.7 Å². The highest BCUT2D eigenvalue weighted by atomic mass is 32.2. The van der Waals surface area contributed by atoms with Crippen molar-refractivity contribution in [2.75, 3.05) is 19.6 Å². The summed E-state index contributed by atoms with van der Waals surface area (Å²) in [7, 11) is -3.55. The van der Waals surface area contributed by atoms with Crippen LogP contribution in [0.4, 0.5) is 0 Å². The van der Waals surface area contributed by atoms with Gasteiger partial charge in [-0.25, -0.2) is 8.42 Å². The molecule has 0 unspecified atom stereocenters. The van der Waals surface area contributed by atoms with Gasteiger partial charge in [-0.3, -0.25) is 4.79 Å². The maximum Gasteiger partial charge on any atom is 0.243 e. The van der Waals surface area contributed by atoms with Crippen LogP contribution in [0.15, 0.2) is 83.8 Å². The Hall–Kier alpha value is -2.96. The van der Waals surface area contributed by atoms with E-state index in [4.69, 9.17) is 0 Å². The van der Waals surface area contributed by atoms with Crippen molar-refractivity contribution in [1.82, 2.24) is 9.62 Å². The minimum atomic E-state index is -3.55. The van der Waals surface area contributed by atoms with Crippen LogP contribution in [-0.4, -0.2) is 38.3 Å². The highest BCUT2D eigenvalue weighted by molar-refractivity contribution is 7.89. The van der Waals surface area contributed by atoms with E-state index in [-0.39, 0.29) is 17.7 Å². The van der Waals surface area contributed by atoms with E-state index in [0.717, 1.165) is 22.3 Å². The molecular weight excluding hydrogens is 444 g/mol. The van der Waals surface area contributed by atoms with Crippen molar-refractivity contribution in [3.8, 4) is 0 Å². The fourth-order valence-corrected chi connectivity index (χ4v) is 6.08. The lowest BCUT2D eigenvalue weighted by atomic mass is 9.90. The van der Waals surface area contributed by atoms with Crippen molar-refractivity contribution in [2.45, 2.75) is 37.5 Å². The molecule has 1 heterocycles. The van der Waals surface area contributed by atoms with Crippen molar-refractivity contribution in [3.63, 3.8) is 0 Å². The van der Waals surface area contributed by atoms with Gasteiger partial charge in [-0.15, -0.1) is 0 Å². The van der Waals surface area contributed by atoms with Crippen LogP contribution in [0.3, 0.4) is 0 Å². The number of carbonyl (C=O) groups is 1. The molecular formula is C28H32N2O3S. The van der Waals surface area contributed by atoms with E-state index < -0.39 is 10.0 Å². The summed E-state index contributed by atoms with van der Waals surface area (Å²) in [6.07, 6.45) is 1.05.